The standard InChI is InChI=1S/C36H43BN4O5/c1-20(2)29(40-34(43)44-7)33(42)41-16-8-9-28(41)32-38-27-15-14-26-24(30(27)39-32)12-13-25-23-11-10-22(17-21(23)18-45-31(25)26)37-19-35(3,4)36(5,6)46-37/h10-15,17,20,28-29H,8-9,16,18-19H2,1-7H3,(H,38,39)(H,40,43)/t28-,29-/m0/s1. The van der Waals surface area contributed by atoms with Crippen LogP contribution in [0.2, 0.25) is 6.32 Å². The van der Waals surface area contributed by atoms with Gasteiger partial charge in [-0.15, -0.1) is 0 Å². The third-order valence-corrected chi connectivity index (χ3v) is 10.8. The first-order valence-corrected chi connectivity index (χ1v) is 16.4. The van der Waals surface area contributed by atoms with Crippen molar-refractivity contribution in [3.63, 3.8) is 0 Å². The van der Waals surface area contributed by atoms with E-state index in [1.807, 2.05) is 24.8 Å². The lowest BCUT2D eigenvalue weighted by atomic mass is 9.54. The van der Waals surface area contributed by atoms with Crippen LogP contribution in [0.15, 0.2) is 42.5 Å². The number of fused-ring (bicyclic) bond motifs is 7. The molecular weight excluding hydrogens is 579 g/mol. The topological polar surface area (TPSA) is 106 Å². The summed E-state index contributed by atoms with van der Waals surface area (Å²) in [5, 5.41) is 4.74. The number of hydrogen-bond acceptors (Lipinski definition) is 6. The largest absolute Gasteiger partial charge is 0.488 e. The van der Waals surface area contributed by atoms with Crippen molar-refractivity contribution >= 4 is 46.2 Å². The first-order valence-electron chi connectivity index (χ1n) is 16.4. The van der Waals surface area contributed by atoms with E-state index in [9.17, 15) is 9.59 Å². The molecule has 0 saturated carbocycles. The first-order chi connectivity index (χ1) is 21.9. The average molecular weight is 623 g/mol. The second-order valence-corrected chi connectivity index (χ2v) is 14.6. The van der Waals surface area contributed by atoms with Crippen molar-refractivity contribution in [1.82, 2.24) is 20.2 Å². The van der Waals surface area contributed by atoms with E-state index in [1.165, 1.54) is 23.7 Å². The number of aromatic nitrogens is 2. The molecule has 0 radical (unpaired) electrons. The Labute approximate surface area is 270 Å². The molecule has 2 amide bonds. The Hall–Kier alpha value is -4.05. The van der Waals surface area contributed by atoms with Gasteiger partial charge in [0.15, 0.2) is 0 Å². The van der Waals surface area contributed by atoms with Crippen LogP contribution in [0, 0.1) is 11.3 Å². The highest BCUT2D eigenvalue weighted by molar-refractivity contribution is 6.68. The third kappa shape index (κ3) is 4.92. The molecule has 4 aromatic rings. The van der Waals surface area contributed by atoms with Crippen molar-refractivity contribution in [3.8, 4) is 16.9 Å². The summed E-state index contributed by atoms with van der Waals surface area (Å²) in [5.74, 6) is 1.41. The smallest absolute Gasteiger partial charge is 0.407 e. The molecule has 2 fully saturated rings. The number of nitrogens with zero attached hydrogens (tertiary/aromatic N) is 2. The van der Waals surface area contributed by atoms with Crippen molar-refractivity contribution in [2.24, 2.45) is 11.3 Å². The number of ether oxygens (including phenoxy) is 2. The van der Waals surface area contributed by atoms with E-state index < -0.39 is 12.1 Å². The Kier molecular flexibility index (Phi) is 7.34. The van der Waals surface area contributed by atoms with Gasteiger partial charge in [0.1, 0.15) is 24.2 Å². The van der Waals surface area contributed by atoms with E-state index in [0.29, 0.717) is 13.2 Å². The molecule has 2 atom stereocenters. The number of H-pyrrole nitrogens is 1. The molecule has 240 valence electrons. The Morgan fingerprint density at radius 1 is 1.09 bits per heavy atom. The van der Waals surface area contributed by atoms with E-state index in [1.54, 1.807) is 0 Å². The van der Waals surface area contributed by atoms with Crippen LogP contribution in [0.1, 0.15) is 71.8 Å². The Bertz CT molecular complexity index is 1850. The van der Waals surface area contributed by atoms with Gasteiger partial charge in [-0.2, -0.15) is 0 Å². The second-order valence-electron chi connectivity index (χ2n) is 14.6. The van der Waals surface area contributed by atoms with E-state index in [-0.39, 0.29) is 35.8 Å². The van der Waals surface area contributed by atoms with Crippen LogP contribution in [0.25, 0.3) is 32.9 Å². The number of carbonyl (C=O) groups is 2. The summed E-state index contributed by atoms with van der Waals surface area (Å²) in [6.45, 7) is 14.0. The molecule has 0 unspecified atom stereocenters. The molecule has 0 bridgehead atoms. The summed E-state index contributed by atoms with van der Waals surface area (Å²) < 4.78 is 17.8. The van der Waals surface area contributed by atoms with Gasteiger partial charge in [0.2, 0.25) is 5.91 Å². The lowest BCUT2D eigenvalue weighted by Crippen LogP contribution is -2.51. The predicted molar refractivity (Wildman–Crippen MR) is 180 cm³/mol. The number of alkyl carbamates (subject to hydrolysis) is 1. The van der Waals surface area contributed by atoms with Gasteiger partial charge in [-0.1, -0.05) is 52.0 Å². The molecule has 3 aliphatic rings. The average Bonchev–Trinajstić information content (AvgIpc) is 3.74. The van der Waals surface area contributed by atoms with Gasteiger partial charge in [-0.25, -0.2) is 9.78 Å². The zero-order chi connectivity index (χ0) is 32.5. The lowest BCUT2D eigenvalue weighted by Gasteiger charge is -2.34. The maximum Gasteiger partial charge on any atom is 0.407 e. The number of nitrogens with one attached hydrogen (secondary N) is 2. The summed E-state index contributed by atoms with van der Waals surface area (Å²) in [4.78, 5) is 36.1. The van der Waals surface area contributed by atoms with Crippen molar-refractivity contribution in [2.45, 2.75) is 85.0 Å². The van der Waals surface area contributed by atoms with Crippen LogP contribution in [-0.2, 0) is 20.8 Å². The molecular formula is C36H43BN4O5. The number of rotatable bonds is 5. The summed E-state index contributed by atoms with van der Waals surface area (Å²) in [5.41, 5.74) is 6.32. The van der Waals surface area contributed by atoms with Crippen LogP contribution in [-0.4, -0.2) is 59.1 Å². The van der Waals surface area contributed by atoms with Crippen molar-refractivity contribution in [2.75, 3.05) is 13.7 Å². The van der Waals surface area contributed by atoms with Crippen LogP contribution in [0.4, 0.5) is 4.79 Å². The number of carbonyl (C=O) groups excluding carboxylic acids is 2. The lowest BCUT2D eigenvalue weighted by molar-refractivity contribution is -0.135. The maximum atomic E-state index is 13.7. The zero-order valence-electron chi connectivity index (χ0n) is 27.8. The molecule has 9 nitrogen and oxygen atoms in total. The van der Waals surface area contributed by atoms with Crippen LogP contribution < -0.4 is 15.5 Å². The van der Waals surface area contributed by atoms with E-state index in [4.69, 9.17) is 19.1 Å². The summed E-state index contributed by atoms with van der Waals surface area (Å²) in [6, 6.07) is 14.2. The molecule has 2 N–H and O–H groups in total. The van der Waals surface area contributed by atoms with E-state index in [0.717, 1.165) is 58.1 Å². The second kappa shape index (κ2) is 11.0. The van der Waals surface area contributed by atoms with Gasteiger partial charge in [0.25, 0.3) is 0 Å². The van der Waals surface area contributed by atoms with E-state index in [2.05, 4.69) is 74.4 Å². The van der Waals surface area contributed by atoms with Crippen molar-refractivity contribution in [3.05, 3.63) is 53.9 Å². The minimum Gasteiger partial charge on any atom is -0.488 e. The highest BCUT2D eigenvalue weighted by atomic mass is 16.5. The summed E-state index contributed by atoms with van der Waals surface area (Å²) >= 11 is 0. The molecule has 1 aromatic heterocycles. The van der Waals surface area contributed by atoms with Crippen molar-refractivity contribution < 1.29 is 23.7 Å². The number of benzene rings is 3. The van der Waals surface area contributed by atoms with Crippen LogP contribution in [0.5, 0.6) is 5.75 Å². The van der Waals surface area contributed by atoms with Gasteiger partial charge >= 0.3 is 13.0 Å². The van der Waals surface area contributed by atoms with Gasteiger partial charge in [-0.3, -0.25) is 4.79 Å². The van der Waals surface area contributed by atoms with Gasteiger partial charge < -0.3 is 29.3 Å². The van der Waals surface area contributed by atoms with Gasteiger partial charge in [-0.05, 0) is 79.1 Å². The molecule has 46 heavy (non-hydrogen) atoms. The number of imidazole rings is 1. The number of amides is 2. The number of aromatic amines is 1. The SMILES string of the molecule is COC(=O)N[C@H](C(=O)N1CCC[C@H]1c1nc2c(ccc3c4c(ccc32)-c2ccc(B3CC(C)(C)C(C)(C)O3)cc2CO4)[nH]1)C(C)C. The highest BCUT2D eigenvalue weighted by Crippen LogP contribution is 2.47. The number of hydrogen-bond donors (Lipinski definition) is 2. The quantitative estimate of drug-likeness (QED) is 0.251. The number of methoxy groups -OCH3 is 1. The van der Waals surface area contributed by atoms with Crippen LogP contribution >= 0.6 is 0 Å². The first kappa shape index (κ1) is 30.6. The summed E-state index contributed by atoms with van der Waals surface area (Å²) in [7, 11) is 1.30. The molecule has 7 rings (SSSR count). The molecule has 3 aromatic carbocycles. The zero-order valence-corrected chi connectivity index (χ0v) is 27.8. The maximum absolute atomic E-state index is 13.7. The van der Waals surface area contributed by atoms with E-state index >= 15 is 0 Å². The Morgan fingerprint density at radius 3 is 2.57 bits per heavy atom. The molecule has 10 heteroatoms. The molecule has 4 heterocycles. The van der Waals surface area contributed by atoms with Crippen LogP contribution in [0.3, 0.4) is 0 Å². The fourth-order valence-corrected chi connectivity index (χ4v) is 7.39. The molecule has 0 spiro atoms. The molecule has 2 saturated heterocycles. The van der Waals surface area contributed by atoms with Gasteiger partial charge in [0.05, 0.1) is 29.8 Å². The Balaban J connectivity index is 1.19. The highest BCUT2D eigenvalue weighted by Gasteiger charge is 2.50. The summed E-state index contributed by atoms with van der Waals surface area (Å²) in [6.07, 6.45) is 2.03. The third-order valence-electron chi connectivity index (χ3n) is 10.8. The molecule has 0 aliphatic carbocycles. The minimum absolute atomic E-state index is 0.0712. The minimum atomic E-state index is -0.676. The number of likely N-dealkylation sites (tertiary alicyclic amines) is 1. The normalized spacial score (nSPS) is 20.5. The fourth-order valence-electron chi connectivity index (χ4n) is 7.39. The molecule has 3 aliphatic heterocycles. The Morgan fingerprint density at radius 2 is 1.85 bits per heavy atom. The predicted octanol–water partition coefficient (Wildman–Crippen LogP) is 6.35. The monoisotopic (exact) mass is 622 g/mol. The van der Waals surface area contributed by atoms with Gasteiger partial charge in [0, 0.05) is 22.9 Å². The van der Waals surface area contributed by atoms with Crippen molar-refractivity contribution in [1.29, 1.82) is 0 Å². The fraction of sp³-hybridized carbons (Fsp3) is 0.472.